The van der Waals surface area contributed by atoms with E-state index < -0.39 is 0 Å². The molecule has 1 aromatic heterocycles. The summed E-state index contributed by atoms with van der Waals surface area (Å²) in [5.74, 6) is 1.59. The first kappa shape index (κ1) is 15.0. The van der Waals surface area contributed by atoms with Gasteiger partial charge in [0.2, 0.25) is 5.91 Å². The summed E-state index contributed by atoms with van der Waals surface area (Å²) in [5.41, 5.74) is 0. The minimum Gasteiger partial charge on any atom is -0.329 e. The van der Waals surface area contributed by atoms with Crippen molar-refractivity contribution in [3.8, 4) is 0 Å². The van der Waals surface area contributed by atoms with Crippen molar-refractivity contribution in [1.29, 1.82) is 0 Å². The molecule has 3 heterocycles. The molecule has 1 aromatic rings. The second kappa shape index (κ2) is 6.04. The number of urea groups is 1. The van der Waals surface area contributed by atoms with Gasteiger partial charge in [0.05, 0.1) is 13.1 Å². The van der Waals surface area contributed by atoms with E-state index in [1.165, 1.54) is 4.90 Å². The van der Waals surface area contributed by atoms with E-state index >= 15 is 0 Å². The molecule has 2 saturated heterocycles. The van der Waals surface area contributed by atoms with Crippen LogP contribution in [0.15, 0.2) is 0 Å². The molecule has 0 aliphatic carbocycles. The molecule has 8 heteroatoms. The SMILES string of the molecule is Cc1nc(C)n(C[C@H]2CCCN2CCN2C(=O)CNC2=O)n1. The van der Waals surface area contributed by atoms with Gasteiger partial charge in [0.25, 0.3) is 0 Å². The normalized spacial score (nSPS) is 22.6. The fourth-order valence-corrected chi connectivity index (χ4v) is 3.24. The highest BCUT2D eigenvalue weighted by Gasteiger charge is 2.31. The zero-order valence-electron chi connectivity index (χ0n) is 13.1. The number of rotatable bonds is 5. The number of aryl methyl sites for hydroxylation is 2. The van der Waals surface area contributed by atoms with E-state index in [1.807, 2.05) is 18.5 Å². The molecular weight excluding hydrogens is 284 g/mol. The third-order valence-corrected chi connectivity index (χ3v) is 4.39. The van der Waals surface area contributed by atoms with Crippen LogP contribution in [-0.4, -0.2) is 68.7 Å². The highest BCUT2D eigenvalue weighted by molar-refractivity contribution is 6.01. The smallest absolute Gasteiger partial charge is 0.324 e. The molecule has 0 bridgehead atoms. The third-order valence-electron chi connectivity index (χ3n) is 4.39. The van der Waals surface area contributed by atoms with Crippen molar-refractivity contribution in [2.75, 3.05) is 26.2 Å². The summed E-state index contributed by atoms with van der Waals surface area (Å²) in [5, 5.41) is 6.97. The Morgan fingerprint density at radius 3 is 2.73 bits per heavy atom. The summed E-state index contributed by atoms with van der Waals surface area (Å²) >= 11 is 0. The lowest BCUT2D eigenvalue weighted by atomic mass is 10.2. The number of aromatic nitrogens is 3. The lowest BCUT2D eigenvalue weighted by Crippen LogP contribution is -2.41. The Morgan fingerprint density at radius 1 is 1.27 bits per heavy atom. The van der Waals surface area contributed by atoms with Crippen LogP contribution in [0.1, 0.15) is 24.5 Å². The summed E-state index contributed by atoms with van der Waals surface area (Å²) in [6.07, 6.45) is 2.25. The molecule has 0 spiro atoms. The zero-order chi connectivity index (χ0) is 15.7. The third kappa shape index (κ3) is 2.96. The second-order valence-electron chi connectivity index (χ2n) is 5.92. The number of amides is 3. The van der Waals surface area contributed by atoms with Crippen LogP contribution in [0.5, 0.6) is 0 Å². The Balaban J connectivity index is 1.58. The largest absolute Gasteiger partial charge is 0.329 e. The van der Waals surface area contributed by atoms with E-state index in [9.17, 15) is 9.59 Å². The van der Waals surface area contributed by atoms with Gasteiger partial charge in [-0.3, -0.25) is 14.6 Å². The first-order valence-electron chi connectivity index (χ1n) is 7.75. The number of hydrogen-bond acceptors (Lipinski definition) is 5. The molecule has 22 heavy (non-hydrogen) atoms. The highest BCUT2D eigenvalue weighted by Crippen LogP contribution is 2.19. The van der Waals surface area contributed by atoms with Crippen molar-refractivity contribution in [2.45, 2.75) is 39.3 Å². The predicted octanol–water partition coefficient (Wildman–Crippen LogP) is -0.0889. The lowest BCUT2D eigenvalue weighted by Gasteiger charge is -2.26. The van der Waals surface area contributed by atoms with Crippen molar-refractivity contribution in [2.24, 2.45) is 0 Å². The first-order valence-corrected chi connectivity index (χ1v) is 7.75. The van der Waals surface area contributed by atoms with Crippen LogP contribution in [0, 0.1) is 13.8 Å². The molecule has 3 amide bonds. The number of nitrogens with zero attached hydrogens (tertiary/aromatic N) is 5. The molecule has 2 aliphatic heterocycles. The minimum absolute atomic E-state index is 0.125. The predicted molar refractivity (Wildman–Crippen MR) is 79.2 cm³/mol. The Labute approximate surface area is 129 Å². The van der Waals surface area contributed by atoms with Gasteiger partial charge in [-0.2, -0.15) is 5.10 Å². The van der Waals surface area contributed by atoms with Crippen LogP contribution >= 0.6 is 0 Å². The monoisotopic (exact) mass is 306 g/mol. The van der Waals surface area contributed by atoms with Crippen molar-refractivity contribution in [1.82, 2.24) is 29.9 Å². The second-order valence-corrected chi connectivity index (χ2v) is 5.92. The number of imide groups is 1. The van der Waals surface area contributed by atoms with Crippen molar-refractivity contribution in [3.63, 3.8) is 0 Å². The van der Waals surface area contributed by atoms with Gasteiger partial charge in [-0.15, -0.1) is 0 Å². The summed E-state index contributed by atoms with van der Waals surface area (Å²) in [4.78, 5) is 31.2. The fraction of sp³-hybridized carbons (Fsp3) is 0.714. The molecule has 8 nitrogen and oxygen atoms in total. The maximum absolute atomic E-state index is 11.6. The number of carbonyl (C=O) groups excluding carboxylic acids is 2. The molecule has 0 aromatic carbocycles. The number of nitrogens with one attached hydrogen (secondary N) is 1. The van der Waals surface area contributed by atoms with Crippen LogP contribution in [0.2, 0.25) is 0 Å². The molecule has 2 fully saturated rings. The molecule has 1 N–H and O–H groups in total. The van der Waals surface area contributed by atoms with Gasteiger partial charge in [0.15, 0.2) is 0 Å². The fourth-order valence-electron chi connectivity index (χ4n) is 3.24. The van der Waals surface area contributed by atoms with Gasteiger partial charge in [-0.05, 0) is 33.2 Å². The first-order chi connectivity index (χ1) is 10.5. The molecule has 0 radical (unpaired) electrons. The summed E-state index contributed by atoms with van der Waals surface area (Å²) in [6.45, 7) is 6.97. The van der Waals surface area contributed by atoms with E-state index in [0.29, 0.717) is 12.6 Å². The lowest BCUT2D eigenvalue weighted by molar-refractivity contribution is -0.125. The van der Waals surface area contributed by atoms with E-state index in [1.54, 1.807) is 0 Å². The molecule has 3 rings (SSSR count). The molecular formula is C14H22N6O2. The quantitative estimate of drug-likeness (QED) is 0.769. The van der Waals surface area contributed by atoms with Crippen LogP contribution in [0.25, 0.3) is 0 Å². The van der Waals surface area contributed by atoms with Crippen LogP contribution in [0.4, 0.5) is 4.79 Å². The molecule has 2 aliphatic rings. The van der Waals surface area contributed by atoms with Gasteiger partial charge >= 0.3 is 6.03 Å². The number of hydrogen-bond donors (Lipinski definition) is 1. The van der Waals surface area contributed by atoms with E-state index in [0.717, 1.165) is 44.1 Å². The zero-order valence-corrected chi connectivity index (χ0v) is 13.1. The van der Waals surface area contributed by atoms with Gasteiger partial charge in [-0.1, -0.05) is 0 Å². The summed E-state index contributed by atoms with van der Waals surface area (Å²) < 4.78 is 1.95. The average molecular weight is 306 g/mol. The Morgan fingerprint density at radius 2 is 2.09 bits per heavy atom. The molecule has 0 saturated carbocycles. The van der Waals surface area contributed by atoms with Gasteiger partial charge in [0.1, 0.15) is 11.6 Å². The van der Waals surface area contributed by atoms with E-state index in [-0.39, 0.29) is 18.5 Å². The summed E-state index contributed by atoms with van der Waals surface area (Å²) in [6, 6.07) is 0.115. The minimum atomic E-state index is -0.275. The average Bonchev–Trinajstić information content (AvgIpc) is 3.12. The van der Waals surface area contributed by atoms with E-state index in [2.05, 4.69) is 20.3 Å². The van der Waals surface area contributed by atoms with Crippen molar-refractivity contribution >= 4 is 11.9 Å². The summed E-state index contributed by atoms with van der Waals surface area (Å²) in [7, 11) is 0. The van der Waals surface area contributed by atoms with Gasteiger partial charge in [0, 0.05) is 19.1 Å². The molecule has 120 valence electrons. The topological polar surface area (TPSA) is 83.4 Å². The van der Waals surface area contributed by atoms with E-state index in [4.69, 9.17) is 0 Å². The maximum atomic E-state index is 11.6. The van der Waals surface area contributed by atoms with Crippen LogP contribution in [0.3, 0.4) is 0 Å². The molecule has 1 atom stereocenters. The van der Waals surface area contributed by atoms with Crippen molar-refractivity contribution in [3.05, 3.63) is 11.6 Å². The Hall–Kier alpha value is -1.96. The highest BCUT2D eigenvalue weighted by atomic mass is 16.2. The Bertz CT molecular complexity index is 568. The number of carbonyl (C=O) groups is 2. The van der Waals surface area contributed by atoms with Crippen molar-refractivity contribution < 1.29 is 9.59 Å². The van der Waals surface area contributed by atoms with Gasteiger partial charge < -0.3 is 5.32 Å². The molecule has 0 unspecified atom stereocenters. The standard InChI is InChI=1S/C14H22N6O2/c1-10-16-11(2)20(17-10)9-12-4-3-5-18(12)6-7-19-13(21)8-15-14(19)22/h12H,3-9H2,1-2H3,(H,15,22)/t12-/m1/s1. The van der Waals surface area contributed by atoms with Crippen LogP contribution in [-0.2, 0) is 11.3 Å². The number of likely N-dealkylation sites (tertiary alicyclic amines) is 1. The Kier molecular flexibility index (Phi) is 4.10. The van der Waals surface area contributed by atoms with Gasteiger partial charge in [-0.25, -0.2) is 14.5 Å². The maximum Gasteiger partial charge on any atom is 0.324 e. The van der Waals surface area contributed by atoms with Crippen LogP contribution < -0.4 is 5.32 Å².